The summed E-state index contributed by atoms with van der Waals surface area (Å²) in [5, 5.41) is 13.9. The van der Waals surface area contributed by atoms with E-state index in [2.05, 4.69) is 14.7 Å². The molecule has 0 aliphatic carbocycles. The van der Waals surface area contributed by atoms with Crippen molar-refractivity contribution in [2.75, 3.05) is 26.4 Å². The van der Waals surface area contributed by atoms with Crippen LogP contribution < -0.4 is 5.32 Å². The first kappa shape index (κ1) is 12.5. The molecule has 0 bridgehead atoms. The lowest BCUT2D eigenvalue weighted by atomic mass is 10.3. The van der Waals surface area contributed by atoms with E-state index in [1.807, 2.05) is 18.5 Å². The summed E-state index contributed by atoms with van der Waals surface area (Å²) in [6.07, 6.45) is 2.04. The maximum absolute atomic E-state index is 8.55. The monoisotopic (exact) mass is 255 g/mol. The fraction of sp³-hybridized carbons (Fsp3) is 0.545. The van der Waals surface area contributed by atoms with E-state index in [1.54, 1.807) is 11.3 Å². The number of fused-ring (bicyclic) bond motifs is 1. The van der Waals surface area contributed by atoms with Crippen LogP contribution in [0.15, 0.2) is 11.6 Å². The standard InChI is InChI=1S/C11H17N3O2S/c1-9-10(8-12-2-5-16-6-4-15)14-3-7-17-11(14)13-9/h3,7,12,15H,2,4-6,8H2,1H3. The topological polar surface area (TPSA) is 58.8 Å². The minimum Gasteiger partial charge on any atom is -0.394 e. The summed E-state index contributed by atoms with van der Waals surface area (Å²) in [5.41, 5.74) is 2.27. The molecule has 0 aliphatic heterocycles. The van der Waals surface area contributed by atoms with Crippen LogP contribution in [0.1, 0.15) is 11.4 Å². The number of rotatable bonds is 7. The van der Waals surface area contributed by atoms with E-state index >= 15 is 0 Å². The quantitative estimate of drug-likeness (QED) is 0.719. The molecule has 0 saturated carbocycles. The molecule has 2 rings (SSSR count). The fourth-order valence-electron chi connectivity index (χ4n) is 1.67. The summed E-state index contributed by atoms with van der Waals surface area (Å²) in [6, 6.07) is 0. The van der Waals surface area contributed by atoms with Crippen LogP contribution in [0.25, 0.3) is 4.96 Å². The largest absolute Gasteiger partial charge is 0.394 e. The SMILES string of the molecule is Cc1nc2sccn2c1CNCCOCCO. The molecule has 0 atom stereocenters. The van der Waals surface area contributed by atoms with E-state index in [0.29, 0.717) is 13.2 Å². The van der Waals surface area contributed by atoms with Crippen molar-refractivity contribution >= 4 is 16.3 Å². The second kappa shape index (κ2) is 6.11. The lowest BCUT2D eigenvalue weighted by molar-refractivity contribution is 0.0937. The van der Waals surface area contributed by atoms with E-state index < -0.39 is 0 Å². The minimum atomic E-state index is 0.0806. The molecule has 17 heavy (non-hydrogen) atoms. The summed E-state index contributed by atoms with van der Waals surface area (Å²) in [5.74, 6) is 0. The van der Waals surface area contributed by atoms with Crippen LogP contribution in [0.3, 0.4) is 0 Å². The number of aliphatic hydroxyl groups excluding tert-OH is 1. The molecule has 2 aromatic heterocycles. The Morgan fingerprint density at radius 1 is 1.53 bits per heavy atom. The summed E-state index contributed by atoms with van der Waals surface area (Å²) in [4.78, 5) is 5.52. The summed E-state index contributed by atoms with van der Waals surface area (Å²) in [6.45, 7) is 4.69. The van der Waals surface area contributed by atoms with E-state index in [1.165, 1.54) is 5.69 Å². The maximum atomic E-state index is 8.55. The number of hydrogen-bond donors (Lipinski definition) is 2. The number of aryl methyl sites for hydroxylation is 1. The number of hydrogen-bond acceptors (Lipinski definition) is 5. The number of thiazole rings is 1. The first-order valence-electron chi connectivity index (χ1n) is 5.63. The van der Waals surface area contributed by atoms with Crippen LogP contribution in [-0.2, 0) is 11.3 Å². The number of ether oxygens (including phenoxy) is 1. The van der Waals surface area contributed by atoms with Crippen molar-refractivity contribution in [3.63, 3.8) is 0 Å². The average Bonchev–Trinajstić information content (AvgIpc) is 2.85. The third-order valence-corrected chi connectivity index (χ3v) is 3.27. The van der Waals surface area contributed by atoms with Crippen LogP contribution >= 0.6 is 11.3 Å². The van der Waals surface area contributed by atoms with Crippen LogP contribution in [-0.4, -0.2) is 40.9 Å². The number of imidazole rings is 1. The molecule has 0 radical (unpaired) electrons. The Bertz CT molecular complexity index is 466. The second-order valence-electron chi connectivity index (χ2n) is 3.71. The van der Waals surface area contributed by atoms with Crippen molar-refractivity contribution in [1.29, 1.82) is 0 Å². The minimum absolute atomic E-state index is 0.0806. The molecule has 2 N–H and O–H groups in total. The van der Waals surface area contributed by atoms with Crippen molar-refractivity contribution in [3.05, 3.63) is 23.0 Å². The molecule has 0 amide bonds. The highest BCUT2D eigenvalue weighted by molar-refractivity contribution is 7.15. The van der Waals surface area contributed by atoms with Gasteiger partial charge in [0.05, 0.1) is 31.2 Å². The molecule has 0 saturated heterocycles. The van der Waals surface area contributed by atoms with Gasteiger partial charge in [-0.1, -0.05) is 0 Å². The molecule has 0 fully saturated rings. The van der Waals surface area contributed by atoms with Gasteiger partial charge in [0.1, 0.15) is 0 Å². The molecule has 0 aromatic carbocycles. The van der Waals surface area contributed by atoms with E-state index in [9.17, 15) is 0 Å². The first-order chi connectivity index (χ1) is 8.33. The third kappa shape index (κ3) is 3.04. The van der Waals surface area contributed by atoms with E-state index in [-0.39, 0.29) is 6.61 Å². The smallest absolute Gasteiger partial charge is 0.194 e. The zero-order chi connectivity index (χ0) is 12.1. The number of aromatic nitrogens is 2. The average molecular weight is 255 g/mol. The predicted octanol–water partition coefficient (Wildman–Crippen LogP) is 0.803. The molecule has 0 spiro atoms. The summed E-state index contributed by atoms with van der Waals surface area (Å²) < 4.78 is 7.28. The molecular weight excluding hydrogens is 238 g/mol. The van der Waals surface area contributed by atoms with Gasteiger partial charge < -0.3 is 15.2 Å². The number of aliphatic hydroxyl groups is 1. The van der Waals surface area contributed by atoms with Gasteiger partial charge in [-0.05, 0) is 6.92 Å². The van der Waals surface area contributed by atoms with Gasteiger partial charge in [-0.3, -0.25) is 4.40 Å². The highest BCUT2D eigenvalue weighted by atomic mass is 32.1. The normalized spacial score (nSPS) is 11.4. The third-order valence-electron chi connectivity index (χ3n) is 2.51. The number of nitrogens with one attached hydrogen (secondary N) is 1. The van der Waals surface area contributed by atoms with Gasteiger partial charge in [-0.25, -0.2) is 4.98 Å². The lowest BCUT2D eigenvalue weighted by Crippen LogP contribution is -2.21. The predicted molar refractivity (Wildman–Crippen MR) is 67.4 cm³/mol. The second-order valence-corrected chi connectivity index (χ2v) is 4.59. The van der Waals surface area contributed by atoms with E-state index in [4.69, 9.17) is 9.84 Å². The van der Waals surface area contributed by atoms with Crippen molar-refractivity contribution in [3.8, 4) is 0 Å². The molecule has 0 unspecified atom stereocenters. The van der Waals surface area contributed by atoms with Crippen LogP contribution in [0, 0.1) is 6.92 Å². The molecular formula is C11H17N3O2S. The Morgan fingerprint density at radius 3 is 3.24 bits per heavy atom. The van der Waals surface area contributed by atoms with Gasteiger partial charge >= 0.3 is 0 Å². The van der Waals surface area contributed by atoms with Crippen LogP contribution in [0.2, 0.25) is 0 Å². The highest BCUT2D eigenvalue weighted by Gasteiger charge is 2.08. The molecule has 0 aliphatic rings. The summed E-state index contributed by atoms with van der Waals surface area (Å²) in [7, 11) is 0. The van der Waals surface area contributed by atoms with Crippen molar-refractivity contribution < 1.29 is 9.84 Å². The van der Waals surface area contributed by atoms with Gasteiger partial charge in [-0.2, -0.15) is 0 Å². The molecule has 2 aromatic rings. The fourth-order valence-corrected chi connectivity index (χ4v) is 2.45. The van der Waals surface area contributed by atoms with Crippen molar-refractivity contribution in [1.82, 2.24) is 14.7 Å². The van der Waals surface area contributed by atoms with Gasteiger partial charge in [-0.15, -0.1) is 11.3 Å². The van der Waals surface area contributed by atoms with Gasteiger partial charge in [0, 0.05) is 24.7 Å². The molecule has 94 valence electrons. The van der Waals surface area contributed by atoms with Gasteiger partial charge in [0.2, 0.25) is 0 Å². The molecule has 5 nitrogen and oxygen atoms in total. The summed E-state index contributed by atoms with van der Waals surface area (Å²) >= 11 is 1.64. The number of nitrogens with zero attached hydrogens (tertiary/aromatic N) is 2. The zero-order valence-electron chi connectivity index (χ0n) is 9.85. The van der Waals surface area contributed by atoms with Crippen molar-refractivity contribution in [2.24, 2.45) is 0 Å². The zero-order valence-corrected chi connectivity index (χ0v) is 10.7. The van der Waals surface area contributed by atoms with Crippen LogP contribution in [0.5, 0.6) is 0 Å². The molecule has 6 heteroatoms. The Labute approximate surface area is 104 Å². The van der Waals surface area contributed by atoms with Gasteiger partial charge in [0.15, 0.2) is 4.96 Å². The first-order valence-corrected chi connectivity index (χ1v) is 6.51. The lowest BCUT2D eigenvalue weighted by Gasteiger charge is -2.05. The molecule has 2 heterocycles. The van der Waals surface area contributed by atoms with Crippen molar-refractivity contribution in [2.45, 2.75) is 13.5 Å². The van der Waals surface area contributed by atoms with E-state index in [0.717, 1.165) is 23.7 Å². The Hall–Kier alpha value is -0.950. The van der Waals surface area contributed by atoms with Gasteiger partial charge in [0.25, 0.3) is 0 Å². The Kier molecular flexibility index (Phi) is 4.49. The van der Waals surface area contributed by atoms with Crippen LogP contribution in [0.4, 0.5) is 0 Å². The Balaban J connectivity index is 1.82. The maximum Gasteiger partial charge on any atom is 0.194 e. The Morgan fingerprint density at radius 2 is 2.41 bits per heavy atom. The highest BCUT2D eigenvalue weighted by Crippen LogP contribution is 2.16.